The molecule has 0 aromatic heterocycles. The van der Waals surface area contributed by atoms with E-state index in [4.69, 9.17) is 5.26 Å². The van der Waals surface area contributed by atoms with Gasteiger partial charge in [-0.05, 0) is 36.5 Å². The summed E-state index contributed by atoms with van der Waals surface area (Å²) in [6, 6.07) is 2.41. The second-order valence-corrected chi connectivity index (χ2v) is 5.81. The summed E-state index contributed by atoms with van der Waals surface area (Å²) in [4.78, 5) is 11.5. The average molecular weight is 205 g/mol. The minimum Gasteiger partial charge on any atom is -0.300 e. The molecule has 0 N–H and O–H groups in total. The molecular formula is C13H19NO. The highest BCUT2D eigenvalue weighted by atomic mass is 16.1. The van der Waals surface area contributed by atoms with Crippen LogP contribution in [0.2, 0.25) is 0 Å². The van der Waals surface area contributed by atoms with Crippen molar-refractivity contribution in [1.29, 1.82) is 5.26 Å². The first-order valence-corrected chi connectivity index (χ1v) is 5.96. The van der Waals surface area contributed by atoms with E-state index in [-0.39, 0.29) is 5.92 Å². The maximum absolute atomic E-state index is 11.5. The van der Waals surface area contributed by atoms with Crippen molar-refractivity contribution in [2.45, 2.75) is 46.0 Å². The van der Waals surface area contributed by atoms with Gasteiger partial charge in [0, 0.05) is 18.8 Å². The molecular weight excluding hydrogens is 186 g/mol. The number of nitriles is 1. The molecule has 2 rings (SSSR count). The van der Waals surface area contributed by atoms with Gasteiger partial charge < -0.3 is 0 Å². The Labute approximate surface area is 91.7 Å². The number of hydrogen-bond acceptors (Lipinski definition) is 2. The maximum Gasteiger partial charge on any atom is 0.133 e. The zero-order chi connectivity index (χ0) is 11.1. The SMILES string of the molecule is CC1(C)CC[C@H](C#N)C2CC(=O)CCC21. The van der Waals surface area contributed by atoms with E-state index in [1.165, 1.54) is 0 Å². The van der Waals surface area contributed by atoms with Crippen molar-refractivity contribution in [2.75, 3.05) is 0 Å². The monoisotopic (exact) mass is 205 g/mol. The third-order valence-electron chi connectivity index (χ3n) is 4.50. The number of rotatable bonds is 0. The number of carbonyl (C=O) groups is 1. The third kappa shape index (κ3) is 1.80. The second kappa shape index (κ2) is 3.63. The molecule has 2 saturated carbocycles. The van der Waals surface area contributed by atoms with Gasteiger partial charge in [-0.2, -0.15) is 5.26 Å². The number of hydrogen-bond donors (Lipinski definition) is 0. The molecule has 2 unspecified atom stereocenters. The molecule has 0 amide bonds. The Morgan fingerprint density at radius 1 is 1.40 bits per heavy atom. The van der Waals surface area contributed by atoms with Crippen molar-refractivity contribution in [3.8, 4) is 6.07 Å². The lowest BCUT2D eigenvalue weighted by molar-refractivity contribution is -0.126. The van der Waals surface area contributed by atoms with Crippen LogP contribution in [0.3, 0.4) is 0 Å². The summed E-state index contributed by atoms with van der Waals surface area (Å²) in [5.74, 6) is 1.44. The van der Waals surface area contributed by atoms with Crippen LogP contribution in [-0.4, -0.2) is 5.78 Å². The highest BCUT2D eigenvalue weighted by Gasteiger charge is 2.46. The van der Waals surface area contributed by atoms with E-state index < -0.39 is 0 Å². The molecule has 0 heterocycles. The molecule has 0 aromatic carbocycles. The van der Waals surface area contributed by atoms with Gasteiger partial charge in [0.05, 0.1) is 6.07 Å². The van der Waals surface area contributed by atoms with Crippen LogP contribution in [0.1, 0.15) is 46.0 Å². The molecule has 0 bridgehead atoms. The topological polar surface area (TPSA) is 40.9 Å². The summed E-state index contributed by atoms with van der Waals surface area (Å²) in [6.45, 7) is 4.60. The summed E-state index contributed by atoms with van der Waals surface area (Å²) < 4.78 is 0. The fraction of sp³-hybridized carbons (Fsp3) is 0.846. The lowest BCUT2D eigenvalue weighted by Crippen LogP contribution is -2.43. The predicted molar refractivity (Wildman–Crippen MR) is 58.0 cm³/mol. The molecule has 15 heavy (non-hydrogen) atoms. The molecule has 0 aliphatic heterocycles. The molecule has 0 saturated heterocycles. The van der Waals surface area contributed by atoms with Crippen LogP contribution in [0, 0.1) is 34.5 Å². The van der Waals surface area contributed by atoms with Gasteiger partial charge in [0.2, 0.25) is 0 Å². The average Bonchev–Trinajstić information content (AvgIpc) is 2.17. The van der Waals surface area contributed by atoms with Crippen LogP contribution in [0.4, 0.5) is 0 Å². The first kappa shape index (κ1) is 10.7. The van der Waals surface area contributed by atoms with Gasteiger partial charge in [0.15, 0.2) is 0 Å². The second-order valence-electron chi connectivity index (χ2n) is 5.81. The zero-order valence-corrected chi connectivity index (χ0v) is 9.62. The minimum absolute atomic E-state index is 0.132. The summed E-state index contributed by atoms with van der Waals surface area (Å²) in [5.41, 5.74) is 0.332. The van der Waals surface area contributed by atoms with Crippen LogP contribution in [-0.2, 0) is 4.79 Å². The number of nitrogens with zero attached hydrogens (tertiary/aromatic N) is 1. The standard InChI is InChI=1S/C13H19NO/c1-13(2)6-5-9(8-14)11-7-10(15)3-4-12(11)13/h9,11-12H,3-7H2,1-2H3/t9-,11?,12?/m1/s1. The molecule has 0 aromatic rings. The molecule has 0 radical (unpaired) electrons. The largest absolute Gasteiger partial charge is 0.300 e. The molecule has 82 valence electrons. The molecule has 3 atom stereocenters. The van der Waals surface area contributed by atoms with Gasteiger partial charge in [-0.25, -0.2) is 0 Å². The minimum atomic E-state index is 0.132. The number of fused-ring (bicyclic) bond motifs is 1. The van der Waals surface area contributed by atoms with Gasteiger partial charge >= 0.3 is 0 Å². The van der Waals surface area contributed by atoms with Crippen LogP contribution in [0.5, 0.6) is 0 Å². The van der Waals surface area contributed by atoms with Gasteiger partial charge in [-0.15, -0.1) is 0 Å². The fourth-order valence-electron chi connectivity index (χ4n) is 3.52. The normalized spacial score (nSPS) is 39.3. The first-order valence-electron chi connectivity index (χ1n) is 5.96. The van der Waals surface area contributed by atoms with Crippen LogP contribution >= 0.6 is 0 Å². The smallest absolute Gasteiger partial charge is 0.133 e. The van der Waals surface area contributed by atoms with Crippen molar-refractivity contribution in [3.63, 3.8) is 0 Å². The first-order chi connectivity index (χ1) is 7.04. The predicted octanol–water partition coefficient (Wildman–Crippen LogP) is 2.93. The molecule has 2 fully saturated rings. The van der Waals surface area contributed by atoms with Crippen LogP contribution in [0.25, 0.3) is 0 Å². The number of Topliss-reactive ketones (excluding diaryl/α,β-unsaturated/α-hetero) is 1. The van der Waals surface area contributed by atoms with E-state index in [9.17, 15) is 4.79 Å². The van der Waals surface area contributed by atoms with Gasteiger partial charge in [-0.1, -0.05) is 13.8 Å². The molecule has 2 aliphatic rings. The van der Waals surface area contributed by atoms with Gasteiger partial charge in [0.1, 0.15) is 5.78 Å². The van der Waals surface area contributed by atoms with E-state index >= 15 is 0 Å². The zero-order valence-electron chi connectivity index (χ0n) is 9.62. The van der Waals surface area contributed by atoms with Crippen molar-refractivity contribution < 1.29 is 4.79 Å². The Bertz CT molecular complexity index is 313. The summed E-state index contributed by atoms with van der Waals surface area (Å²) >= 11 is 0. The molecule has 2 heteroatoms. The Kier molecular flexibility index (Phi) is 2.58. The lowest BCUT2D eigenvalue weighted by Gasteiger charge is -2.48. The fourth-order valence-corrected chi connectivity index (χ4v) is 3.52. The van der Waals surface area contributed by atoms with Crippen molar-refractivity contribution >= 4 is 5.78 Å². The summed E-state index contributed by atoms with van der Waals surface area (Å²) in [5, 5.41) is 9.13. The molecule has 2 aliphatic carbocycles. The Morgan fingerprint density at radius 3 is 2.80 bits per heavy atom. The quantitative estimate of drug-likeness (QED) is 0.610. The summed E-state index contributed by atoms with van der Waals surface area (Å²) in [7, 11) is 0. The number of ketones is 1. The summed E-state index contributed by atoms with van der Waals surface area (Å²) in [6.07, 6.45) is 4.53. The van der Waals surface area contributed by atoms with E-state index in [1.807, 2.05) is 0 Å². The highest BCUT2D eigenvalue weighted by molar-refractivity contribution is 5.79. The van der Waals surface area contributed by atoms with Crippen molar-refractivity contribution in [3.05, 3.63) is 0 Å². The van der Waals surface area contributed by atoms with E-state index in [2.05, 4.69) is 19.9 Å². The highest BCUT2D eigenvalue weighted by Crippen LogP contribution is 2.51. The van der Waals surface area contributed by atoms with Gasteiger partial charge in [0.25, 0.3) is 0 Å². The third-order valence-corrected chi connectivity index (χ3v) is 4.50. The Balaban J connectivity index is 2.23. The number of carbonyl (C=O) groups excluding carboxylic acids is 1. The Morgan fingerprint density at radius 2 is 2.13 bits per heavy atom. The van der Waals surface area contributed by atoms with Crippen LogP contribution < -0.4 is 0 Å². The van der Waals surface area contributed by atoms with Gasteiger partial charge in [-0.3, -0.25) is 4.79 Å². The lowest BCUT2D eigenvalue weighted by atomic mass is 9.55. The Hall–Kier alpha value is -0.840. The van der Waals surface area contributed by atoms with Crippen molar-refractivity contribution in [1.82, 2.24) is 0 Å². The van der Waals surface area contributed by atoms with E-state index in [1.54, 1.807) is 0 Å². The van der Waals surface area contributed by atoms with Crippen molar-refractivity contribution in [2.24, 2.45) is 23.2 Å². The molecule has 2 nitrogen and oxygen atoms in total. The molecule has 0 spiro atoms. The maximum atomic E-state index is 11.5. The van der Waals surface area contributed by atoms with Crippen LogP contribution in [0.15, 0.2) is 0 Å². The van der Waals surface area contributed by atoms with E-state index in [0.29, 0.717) is 29.5 Å². The van der Waals surface area contributed by atoms with E-state index in [0.717, 1.165) is 25.7 Å².